The molecule has 0 heterocycles. The minimum Gasteiger partial charge on any atom is -0.462 e. The van der Waals surface area contributed by atoms with Gasteiger partial charge in [-0.3, -0.25) is 14.4 Å². The van der Waals surface area contributed by atoms with Crippen molar-refractivity contribution in [2.24, 2.45) is 0 Å². The van der Waals surface area contributed by atoms with Crippen LogP contribution >= 0.6 is 0 Å². The number of rotatable bonds is 48. The van der Waals surface area contributed by atoms with Gasteiger partial charge in [-0.05, 0) is 77.0 Å². The van der Waals surface area contributed by atoms with Gasteiger partial charge in [-0.2, -0.15) is 0 Å². The van der Waals surface area contributed by atoms with E-state index in [0.717, 1.165) is 70.6 Å². The van der Waals surface area contributed by atoms with E-state index in [4.69, 9.17) is 14.2 Å². The molecule has 0 aromatic rings. The Balaban J connectivity index is 4.42. The fraction of sp³-hybridized carbons (Fsp3) is 0.772. The molecule has 0 aromatic heterocycles. The van der Waals surface area contributed by atoms with E-state index in [2.05, 4.69) is 81.5 Å². The maximum atomic E-state index is 12.8. The predicted molar refractivity (Wildman–Crippen MR) is 270 cm³/mol. The van der Waals surface area contributed by atoms with Crippen molar-refractivity contribution in [3.8, 4) is 0 Å². The van der Waals surface area contributed by atoms with Crippen molar-refractivity contribution in [3.63, 3.8) is 0 Å². The highest BCUT2D eigenvalue weighted by atomic mass is 16.6. The average Bonchev–Trinajstić information content (AvgIpc) is 3.28. The molecular weight excluding hydrogens is 781 g/mol. The van der Waals surface area contributed by atoms with Crippen LogP contribution in [0.2, 0.25) is 0 Å². The van der Waals surface area contributed by atoms with Crippen molar-refractivity contribution in [2.45, 2.75) is 271 Å². The summed E-state index contributed by atoms with van der Waals surface area (Å²) in [5.41, 5.74) is 0. The van der Waals surface area contributed by atoms with Crippen molar-refractivity contribution in [2.75, 3.05) is 13.2 Å². The number of carbonyl (C=O) groups excluding carboxylic acids is 3. The number of carbonyl (C=O) groups is 3. The molecule has 6 heteroatoms. The Morgan fingerprint density at radius 1 is 0.317 bits per heavy atom. The van der Waals surface area contributed by atoms with Gasteiger partial charge in [0.1, 0.15) is 13.2 Å². The van der Waals surface area contributed by atoms with Crippen molar-refractivity contribution >= 4 is 17.9 Å². The predicted octanol–water partition coefficient (Wildman–Crippen LogP) is 17.6. The number of ether oxygens (including phenoxy) is 3. The molecule has 0 spiro atoms. The molecule has 364 valence electrons. The molecule has 0 aliphatic carbocycles. The zero-order valence-electron chi connectivity index (χ0n) is 41.6. The summed E-state index contributed by atoms with van der Waals surface area (Å²) in [6.45, 7) is 6.53. The first-order chi connectivity index (χ1) is 31.0. The summed E-state index contributed by atoms with van der Waals surface area (Å²) in [5, 5.41) is 0. The lowest BCUT2D eigenvalue weighted by Crippen LogP contribution is -2.30. The summed E-state index contributed by atoms with van der Waals surface area (Å²) in [6.07, 6.45) is 63.5. The maximum Gasteiger partial charge on any atom is 0.306 e. The molecule has 0 aliphatic heterocycles. The molecule has 1 atom stereocenters. The summed E-state index contributed by atoms with van der Waals surface area (Å²) in [4.78, 5) is 38.0. The lowest BCUT2D eigenvalue weighted by atomic mass is 10.0. The van der Waals surface area contributed by atoms with Crippen molar-refractivity contribution in [1.29, 1.82) is 0 Å². The van der Waals surface area contributed by atoms with Crippen LogP contribution in [0.3, 0.4) is 0 Å². The summed E-state index contributed by atoms with van der Waals surface area (Å²) in [7, 11) is 0. The van der Waals surface area contributed by atoms with Crippen molar-refractivity contribution < 1.29 is 28.6 Å². The molecule has 0 fully saturated rings. The highest BCUT2D eigenvalue weighted by molar-refractivity contribution is 5.71. The van der Waals surface area contributed by atoms with E-state index < -0.39 is 6.10 Å². The molecule has 0 rings (SSSR count). The molecule has 6 nitrogen and oxygen atoms in total. The van der Waals surface area contributed by atoms with Gasteiger partial charge in [0.25, 0.3) is 0 Å². The molecule has 0 unspecified atom stereocenters. The Hall–Kier alpha value is -2.89. The Labute approximate surface area is 390 Å². The van der Waals surface area contributed by atoms with Gasteiger partial charge in [-0.1, -0.05) is 229 Å². The third-order valence-corrected chi connectivity index (χ3v) is 11.5. The molecule has 0 aliphatic rings. The third-order valence-electron chi connectivity index (χ3n) is 11.5. The quantitative estimate of drug-likeness (QED) is 0.0262. The molecule has 0 amide bonds. The van der Waals surface area contributed by atoms with Gasteiger partial charge in [-0.15, -0.1) is 0 Å². The summed E-state index contributed by atoms with van der Waals surface area (Å²) < 4.78 is 16.8. The number of hydrogen-bond donors (Lipinski definition) is 0. The van der Waals surface area contributed by atoms with Gasteiger partial charge in [0, 0.05) is 19.3 Å². The SMILES string of the molecule is CCCC/C=C\CCCCCCCC(=O)OC[C@H](COC(=O)CCC/C=C\C/C=C\C/C=C\C/C=C\CCCCC)OC(=O)CCCCCCCCCCCCCCCCCCC. The Bertz CT molecular complexity index is 1150. The first kappa shape index (κ1) is 60.1. The molecule has 0 saturated carbocycles. The van der Waals surface area contributed by atoms with Crippen LogP contribution in [0.5, 0.6) is 0 Å². The van der Waals surface area contributed by atoms with Crippen LogP contribution in [-0.4, -0.2) is 37.2 Å². The van der Waals surface area contributed by atoms with Crippen LogP contribution in [0.1, 0.15) is 265 Å². The maximum absolute atomic E-state index is 12.8. The van der Waals surface area contributed by atoms with Crippen molar-refractivity contribution in [3.05, 3.63) is 60.8 Å². The monoisotopic (exact) mass is 881 g/mol. The van der Waals surface area contributed by atoms with Crippen LogP contribution in [-0.2, 0) is 28.6 Å². The van der Waals surface area contributed by atoms with E-state index in [1.165, 1.54) is 148 Å². The van der Waals surface area contributed by atoms with Crippen LogP contribution in [0.15, 0.2) is 60.8 Å². The second-order valence-corrected chi connectivity index (χ2v) is 17.8. The third kappa shape index (κ3) is 50.0. The zero-order valence-corrected chi connectivity index (χ0v) is 41.6. The first-order valence-corrected chi connectivity index (χ1v) is 26.8. The fourth-order valence-corrected chi connectivity index (χ4v) is 7.42. The summed E-state index contributed by atoms with van der Waals surface area (Å²) in [6, 6.07) is 0. The van der Waals surface area contributed by atoms with Crippen LogP contribution in [0, 0.1) is 0 Å². The smallest absolute Gasteiger partial charge is 0.306 e. The lowest BCUT2D eigenvalue weighted by Gasteiger charge is -2.18. The van der Waals surface area contributed by atoms with Crippen LogP contribution in [0.4, 0.5) is 0 Å². The number of unbranched alkanes of at least 4 members (excludes halogenated alkanes) is 27. The molecule has 0 aromatic carbocycles. The summed E-state index contributed by atoms with van der Waals surface area (Å²) in [5.74, 6) is -0.954. The molecule has 0 saturated heterocycles. The molecule has 0 N–H and O–H groups in total. The zero-order chi connectivity index (χ0) is 45.8. The topological polar surface area (TPSA) is 78.9 Å². The molecule has 63 heavy (non-hydrogen) atoms. The van der Waals surface area contributed by atoms with Gasteiger partial charge in [0.2, 0.25) is 0 Å². The Morgan fingerprint density at radius 2 is 0.603 bits per heavy atom. The number of allylic oxidation sites excluding steroid dienone is 10. The largest absolute Gasteiger partial charge is 0.462 e. The Morgan fingerprint density at radius 3 is 1.05 bits per heavy atom. The number of hydrogen-bond acceptors (Lipinski definition) is 6. The van der Waals surface area contributed by atoms with Gasteiger partial charge < -0.3 is 14.2 Å². The van der Waals surface area contributed by atoms with Gasteiger partial charge in [0.15, 0.2) is 6.10 Å². The van der Waals surface area contributed by atoms with Gasteiger partial charge >= 0.3 is 17.9 Å². The first-order valence-electron chi connectivity index (χ1n) is 26.8. The standard InChI is InChI=1S/C57H100O6/c1-4-7-10-13-16-19-22-24-26-28-30-32-35-38-41-44-47-50-56(59)62-53-54(52-61-55(58)49-46-43-40-37-34-21-18-15-12-9-6-3)63-57(60)51-48-45-42-39-36-33-31-29-27-25-23-20-17-14-11-8-5-2/h15-16,18-19,24,26,30,32,38,41,54H,4-14,17,20-23,25,27-29,31,33-37,39-40,42-53H2,1-3H3/b18-15-,19-16-,26-24-,32-30-,41-38-/t54-/m1/s1. The highest BCUT2D eigenvalue weighted by Crippen LogP contribution is 2.15. The van der Waals surface area contributed by atoms with E-state index in [-0.39, 0.29) is 37.5 Å². The Kier molecular flexibility index (Phi) is 49.4. The molecule has 0 radical (unpaired) electrons. The second kappa shape index (κ2) is 51.7. The van der Waals surface area contributed by atoms with E-state index >= 15 is 0 Å². The van der Waals surface area contributed by atoms with Crippen LogP contribution < -0.4 is 0 Å². The lowest BCUT2D eigenvalue weighted by molar-refractivity contribution is -0.167. The summed E-state index contributed by atoms with van der Waals surface area (Å²) >= 11 is 0. The van der Waals surface area contributed by atoms with Crippen LogP contribution in [0.25, 0.3) is 0 Å². The molecular formula is C57H100O6. The van der Waals surface area contributed by atoms with E-state index in [0.29, 0.717) is 19.3 Å². The minimum atomic E-state index is -0.796. The average molecular weight is 881 g/mol. The van der Waals surface area contributed by atoms with E-state index in [9.17, 15) is 14.4 Å². The van der Waals surface area contributed by atoms with E-state index in [1.54, 1.807) is 0 Å². The van der Waals surface area contributed by atoms with Gasteiger partial charge in [0.05, 0.1) is 0 Å². The number of esters is 3. The second-order valence-electron chi connectivity index (χ2n) is 17.8. The fourth-order valence-electron chi connectivity index (χ4n) is 7.42. The minimum absolute atomic E-state index is 0.0938. The highest BCUT2D eigenvalue weighted by Gasteiger charge is 2.19. The van der Waals surface area contributed by atoms with E-state index in [1.807, 2.05) is 0 Å². The normalized spacial score (nSPS) is 12.5. The molecule has 0 bridgehead atoms. The van der Waals surface area contributed by atoms with Crippen molar-refractivity contribution in [1.82, 2.24) is 0 Å². The van der Waals surface area contributed by atoms with Gasteiger partial charge in [-0.25, -0.2) is 0 Å².